The number of carbonyl (C=O) groups excluding carboxylic acids is 2. The molecule has 2 rings (SSSR count). The van der Waals surface area contributed by atoms with E-state index in [9.17, 15) is 9.59 Å². The average molecular weight is 262 g/mol. The first-order valence-corrected chi connectivity index (χ1v) is 6.52. The molecule has 6 heteroatoms. The molecule has 1 aliphatic carbocycles. The van der Waals surface area contributed by atoms with Crippen LogP contribution in [0.15, 0.2) is 23.9 Å². The van der Waals surface area contributed by atoms with Crippen molar-refractivity contribution in [2.24, 2.45) is 0 Å². The number of aromatic amines is 1. The monoisotopic (exact) mass is 262 g/mol. The van der Waals surface area contributed by atoms with Crippen LogP contribution in [0.2, 0.25) is 0 Å². The van der Waals surface area contributed by atoms with Crippen molar-refractivity contribution in [1.82, 2.24) is 15.5 Å². The lowest BCUT2D eigenvalue weighted by atomic mass is 9.97. The normalized spacial score (nSPS) is 14.6. The van der Waals surface area contributed by atoms with E-state index in [0.717, 1.165) is 19.3 Å². The minimum Gasteiger partial charge on any atom is -0.348 e. The molecule has 0 saturated carbocycles. The van der Waals surface area contributed by atoms with Gasteiger partial charge in [-0.15, -0.1) is 0 Å². The van der Waals surface area contributed by atoms with Gasteiger partial charge in [0.15, 0.2) is 0 Å². The molecule has 1 heterocycles. The molecule has 0 spiro atoms. The van der Waals surface area contributed by atoms with Gasteiger partial charge in [-0.25, -0.2) is 0 Å². The first kappa shape index (κ1) is 13.3. The molecule has 1 aromatic heterocycles. The molecular weight excluding hydrogens is 244 g/mol. The minimum absolute atomic E-state index is 0.412. The lowest BCUT2D eigenvalue weighted by Crippen LogP contribution is -2.36. The van der Waals surface area contributed by atoms with Crippen LogP contribution < -0.4 is 10.6 Å². The van der Waals surface area contributed by atoms with Crippen LogP contribution in [0.25, 0.3) is 0 Å². The van der Waals surface area contributed by atoms with E-state index in [0.29, 0.717) is 12.4 Å². The number of rotatable bonds is 4. The molecule has 0 bridgehead atoms. The summed E-state index contributed by atoms with van der Waals surface area (Å²) in [5.74, 6) is -0.886. The minimum atomic E-state index is -0.679. The third-order valence-corrected chi connectivity index (χ3v) is 3.07. The van der Waals surface area contributed by atoms with Crippen LogP contribution in [0, 0.1) is 0 Å². The lowest BCUT2D eigenvalue weighted by Gasteiger charge is -2.12. The van der Waals surface area contributed by atoms with Gasteiger partial charge in [0.25, 0.3) is 0 Å². The highest BCUT2D eigenvalue weighted by Crippen LogP contribution is 2.19. The summed E-state index contributed by atoms with van der Waals surface area (Å²) in [5.41, 5.74) is 1.38. The van der Waals surface area contributed by atoms with Crippen LogP contribution in [0.3, 0.4) is 0 Å². The van der Waals surface area contributed by atoms with Gasteiger partial charge in [0, 0.05) is 12.6 Å². The second kappa shape index (κ2) is 6.72. The first-order valence-electron chi connectivity index (χ1n) is 6.52. The fourth-order valence-electron chi connectivity index (χ4n) is 2.05. The van der Waals surface area contributed by atoms with E-state index in [-0.39, 0.29) is 0 Å². The van der Waals surface area contributed by atoms with Crippen molar-refractivity contribution < 1.29 is 9.59 Å². The zero-order chi connectivity index (χ0) is 13.5. The maximum absolute atomic E-state index is 11.5. The number of hydrogen-bond acceptors (Lipinski definition) is 3. The van der Waals surface area contributed by atoms with E-state index in [1.54, 1.807) is 6.07 Å². The fraction of sp³-hybridized carbons (Fsp3) is 0.462. The molecule has 0 atom stereocenters. The Morgan fingerprint density at radius 2 is 2.21 bits per heavy atom. The second-order valence-corrected chi connectivity index (χ2v) is 4.54. The number of carbonyl (C=O) groups is 2. The number of amides is 2. The SMILES string of the molecule is O=C(NCCC1=CCCCC1)C(=O)Nc1ccn[nH]1. The molecule has 3 N–H and O–H groups in total. The number of allylic oxidation sites excluding steroid dienone is 1. The van der Waals surface area contributed by atoms with Crippen molar-refractivity contribution >= 4 is 17.6 Å². The van der Waals surface area contributed by atoms with Crippen LogP contribution in [0.4, 0.5) is 5.82 Å². The summed E-state index contributed by atoms with van der Waals surface area (Å²) in [5, 5.41) is 11.3. The predicted molar refractivity (Wildman–Crippen MR) is 71.4 cm³/mol. The quantitative estimate of drug-likeness (QED) is 0.565. The van der Waals surface area contributed by atoms with Crippen molar-refractivity contribution in [3.63, 3.8) is 0 Å². The summed E-state index contributed by atoms with van der Waals surface area (Å²) in [6.07, 6.45) is 9.27. The van der Waals surface area contributed by atoms with Crippen molar-refractivity contribution in [1.29, 1.82) is 0 Å². The summed E-state index contributed by atoms with van der Waals surface area (Å²) >= 11 is 0. The molecule has 0 aromatic carbocycles. The molecule has 1 aliphatic rings. The van der Waals surface area contributed by atoms with Crippen molar-refractivity contribution in [2.75, 3.05) is 11.9 Å². The van der Waals surface area contributed by atoms with E-state index in [2.05, 4.69) is 26.9 Å². The molecule has 19 heavy (non-hydrogen) atoms. The Balaban J connectivity index is 1.69. The molecule has 102 valence electrons. The van der Waals surface area contributed by atoms with Crippen molar-refractivity contribution in [3.05, 3.63) is 23.9 Å². The van der Waals surface area contributed by atoms with E-state index in [1.807, 2.05) is 0 Å². The summed E-state index contributed by atoms with van der Waals surface area (Å²) < 4.78 is 0. The topological polar surface area (TPSA) is 86.9 Å². The van der Waals surface area contributed by atoms with Crippen LogP contribution >= 0.6 is 0 Å². The molecule has 0 radical (unpaired) electrons. The maximum atomic E-state index is 11.5. The van der Waals surface area contributed by atoms with Gasteiger partial charge in [0.1, 0.15) is 5.82 Å². The first-order chi connectivity index (χ1) is 9.25. The van der Waals surface area contributed by atoms with Gasteiger partial charge in [-0.1, -0.05) is 11.6 Å². The second-order valence-electron chi connectivity index (χ2n) is 4.54. The predicted octanol–water partition coefficient (Wildman–Crippen LogP) is 1.35. The summed E-state index contributed by atoms with van der Waals surface area (Å²) in [7, 11) is 0. The van der Waals surface area contributed by atoms with Gasteiger partial charge in [-0.05, 0) is 32.1 Å². The molecule has 1 aromatic rings. The van der Waals surface area contributed by atoms with E-state index in [4.69, 9.17) is 0 Å². The van der Waals surface area contributed by atoms with Gasteiger partial charge in [-0.2, -0.15) is 5.10 Å². The number of nitrogens with one attached hydrogen (secondary N) is 3. The van der Waals surface area contributed by atoms with Gasteiger partial charge in [-0.3, -0.25) is 14.7 Å². The number of H-pyrrole nitrogens is 1. The lowest BCUT2D eigenvalue weighted by molar-refractivity contribution is -0.136. The van der Waals surface area contributed by atoms with Gasteiger partial charge >= 0.3 is 11.8 Å². The van der Waals surface area contributed by atoms with E-state index < -0.39 is 11.8 Å². The standard InChI is InChI=1S/C13H18N4O2/c18-12(13(19)16-11-7-9-15-17-11)14-8-6-10-4-2-1-3-5-10/h4,7,9H,1-3,5-6,8H2,(H,14,18)(H2,15,16,17,19). The Kier molecular flexibility index (Phi) is 4.72. The Morgan fingerprint density at radius 3 is 2.89 bits per heavy atom. The average Bonchev–Trinajstić information content (AvgIpc) is 2.92. The number of anilines is 1. The maximum Gasteiger partial charge on any atom is 0.314 e. The zero-order valence-corrected chi connectivity index (χ0v) is 10.7. The number of hydrogen-bond donors (Lipinski definition) is 3. The Hall–Kier alpha value is -2.11. The molecule has 0 unspecified atom stereocenters. The molecular formula is C13H18N4O2. The molecule has 0 fully saturated rings. The Bertz CT molecular complexity index is 465. The van der Waals surface area contributed by atoms with Gasteiger partial charge < -0.3 is 10.6 Å². The number of nitrogens with zero attached hydrogens (tertiary/aromatic N) is 1. The van der Waals surface area contributed by atoms with Crippen LogP contribution in [0.5, 0.6) is 0 Å². The zero-order valence-electron chi connectivity index (χ0n) is 10.7. The fourth-order valence-corrected chi connectivity index (χ4v) is 2.05. The molecule has 0 aliphatic heterocycles. The van der Waals surface area contributed by atoms with Crippen molar-refractivity contribution in [2.45, 2.75) is 32.1 Å². The third-order valence-electron chi connectivity index (χ3n) is 3.07. The molecule has 6 nitrogen and oxygen atoms in total. The van der Waals surface area contributed by atoms with Gasteiger partial charge in [0.05, 0.1) is 6.20 Å². The summed E-state index contributed by atoms with van der Waals surface area (Å²) in [6, 6.07) is 1.58. The summed E-state index contributed by atoms with van der Waals surface area (Å²) in [6.45, 7) is 0.501. The van der Waals surface area contributed by atoms with E-state index >= 15 is 0 Å². The smallest absolute Gasteiger partial charge is 0.314 e. The summed E-state index contributed by atoms with van der Waals surface area (Å²) in [4.78, 5) is 23.0. The highest BCUT2D eigenvalue weighted by molar-refractivity contribution is 6.39. The third kappa shape index (κ3) is 4.24. The van der Waals surface area contributed by atoms with Crippen LogP contribution in [0.1, 0.15) is 32.1 Å². The van der Waals surface area contributed by atoms with Gasteiger partial charge in [0.2, 0.25) is 0 Å². The highest BCUT2D eigenvalue weighted by Gasteiger charge is 2.13. The van der Waals surface area contributed by atoms with Crippen LogP contribution in [-0.4, -0.2) is 28.6 Å². The van der Waals surface area contributed by atoms with Crippen LogP contribution in [-0.2, 0) is 9.59 Å². The molecule has 0 saturated heterocycles. The Morgan fingerprint density at radius 1 is 1.32 bits per heavy atom. The highest BCUT2D eigenvalue weighted by atomic mass is 16.2. The van der Waals surface area contributed by atoms with E-state index in [1.165, 1.54) is 24.6 Å². The van der Waals surface area contributed by atoms with Crippen molar-refractivity contribution in [3.8, 4) is 0 Å². The Labute approximate surface area is 111 Å². The number of aromatic nitrogens is 2. The largest absolute Gasteiger partial charge is 0.348 e. The molecule has 2 amide bonds.